The van der Waals surface area contributed by atoms with Crippen LogP contribution in [-0.4, -0.2) is 70.7 Å². The fourth-order valence-electron chi connectivity index (χ4n) is 2.77. The lowest BCUT2D eigenvalue weighted by atomic mass is 10.3. The molecule has 2 aromatic rings. The normalized spacial score (nSPS) is 15.3. The summed E-state index contributed by atoms with van der Waals surface area (Å²) in [7, 11) is 0. The van der Waals surface area contributed by atoms with E-state index in [0.29, 0.717) is 25.5 Å². The maximum atomic E-state index is 9.41. The van der Waals surface area contributed by atoms with Gasteiger partial charge in [-0.15, -0.1) is 0 Å². The Morgan fingerprint density at radius 1 is 1.30 bits per heavy atom. The number of fused-ring (bicyclic) bond motifs is 1. The zero-order chi connectivity index (χ0) is 16.1. The van der Waals surface area contributed by atoms with Crippen molar-refractivity contribution < 1.29 is 9.84 Å². The van der Waals surface area contributed by atoms with Crippen molar-refractivity contribution in [3.05, 3.63) is 12.4 Å². The minimum Gasteiger partial charge on any atom is -0.395 e. The molecule has 0 aliphatic carbocycles. The van der Waals surface area contributed by atoms with Crippen molar-refractivity contribution in [1.29, 1.82) is 0 Å². The van der Waals surface area contributed by atoms with Gasteiger partial charge in [-0.25, -0.2) is 0 Å². The van der Waals surface area contributed by atoms with Crippen LogP contribution in [0.15, 0.2) is 12.4 Å². The van der Waals surface area contributed by atoms with Crippen LogP contribution in [0.2, 0.25) is 0 Å². The molecule has 23 heavy (non-hydrogen) atoms. The SMILES string of the molecule is CCCCN(CCO)c1cc(N2CCOCC2)nc2ncnn12. The molecule has 0 amide bonds. The highest BCUT2D eigenvalue weighted by atomic mass is 16.5. The first-order valence-electron chi connectivity index (χ1n) is 8.22. The van der Waals surface area contributed by atoms with Crippen LogP contribution in [0.5, 0.6) is 0 Å². The predicted molar refractivity (Wildman–Crippen MR) is 88.0 cm³/mol. The van der Waals surface area contributed by atoms with Gasteiger partial charge in [-0.2, -0.15) is 19.6 Å². The molecule has 0 radical (unpaired) electrons. The van der Waals surface area contributed by atoms with E-state index in [1.54, 1.807) is 4.52 Å². The van der Waals surface area contributed by atoms with Crippen LogP contribution in [0.1, 0.15) is 19.8 Å². The standard InChI is InChI=1S/C15H24N6O2/c1-2-3-4-20(5-8-22)14-11-13(19-6-9-23-10-7-19)18-15-16-12-17-21(14)15/h11-12,22H,2-10H2,1H3. The molecule has 2 aromatic heterocycles. The summed E-state index contributed by atoms with van der Waals surface area (Å²) < 4.78 is 7.16. The number of hydrogen-bond donors (Lipinski definition) is 1. The summed E-state index contributed by atoms with van der Waals surface area (Å²) in [5, 5.41) is 13.7. The van der Waals surface area contributed by atoms with Gasteiger partial charge in [-0.1, -0.05) is 13.3 Å². The molecule has 0 bridgehead atoms. The molecule has 3 rings (SSSR count). The molecule has 0 atom stereocenters. The van der Waals surface area contributed by atoms with Crippen molar-refractivity contribution >= 4 is 17.4 Å². The van der Waals surface area contributed by atoms with Crippen LogP contribution in [0.3, 0.4) is 0 Å². The summed E-state index contributed by atoms with van der Waals surface area (Å²) in [6, 6.07) is 2.04. The summed E-state index contributed by atoms with van der Waals surface area (Å²) in [6.07, 6.45) is 3.68. The smallest absolute Gasteiger partial charge is 0.256 e. The number of morpholine rings is 1. The Morgan fingerprint density at radius 2 is 2.13 bits per heavy atom. The van der Waals surface area contributed by atoms with Crippen LogP contribution in [0, 0.1) is 0 Å². The lowest BCUT2D eigenvalue weighted by molar-refractivity contribution is 0.122. The molecule has 0 saturated carbocycles. The summed E-state index contributed by atoms with van der Waals surface area (Å²) >= 11 is 0. The second-order valence-corrected chi connectivity index (χ2v) is 5.61. The van der Waals surface area contributed by atoms with Crippen molar-refractivity contribution in [1.82, 2.24) is 19.6 Å². The van der Waals surface area contributed by atoms with Crippen molar-refractivity contribution in [3.63, 3.8) is 0 Å². The Morgan fingerprint density at radius 3 is 2.87 bits per heavy atom. The molecular weight excluding hydrogens is 296 g/mol. The largest absolute Gasteiger partial charge is 0.395 e. The highest BCUT2D eigenvalue weighted by Crippen LogP contribution is 2.22. The summed E-state index contributed by atoms with van der Waals surface area (Å²) in [6.45, 7) is 6.79. The Kier molecular flexibility index (Phi) is 5.24. The van der Waals surface area contributed by atoms with Gasteiger partial charge in [0.2, 0.25) is 0 Å². The lowest BCUT2D eigenvalue weighted by Gasteiger charge is -2.30. The number of ether oxygens (including phenoxy) is 1. The quantitative estimate of drug-likeness (QED) is 0.798. The fraction of sp³-hybridized carbons (Fsp3) is 0.667. The van der Waals surface area contributed by atoms with Crippen molar-refractivity contribution in [2.24, 2.45) is 0 Å². The summed E-state index contributed by atoms with van der Waals surface area (Å²) in [4.78, 5) is 13.2. The third kappa shape index (κ3) is 3.53. The molecule has 3 heterocycles. The van der Waals surface area contributed by atoms with Crippen LogP contribution >= 0.6 is 0 Å². The summed E-state index contributed by atoms with van der Waals surface area (Å²) in [5.74, 6) is 2.41. The van der Waals surface area contributed by atoms with E-state index in [4.69, 9.17) is 4.74 Å². The van der Waals surface area contributed by atoms with E-state index in [-0.39, 0.29) is 6.61 Å². The molecule has 1 aliphatic heterocycles. The molecule has 126 valence electrons. The maximum Gasteiger partial charge on any atom is 0.256 e. The molecule has 8 heteroatoms. The van der Waals surface area contributed by atoms with Crippen LogP contribution in [-0.2, 0) is 4.74 Å². The van der Waals surface area contributed by atoms with Crippen molar-refractivity contribution in [3.8, 4) is 0 Å². The topological polar surface area (TPSA) is 79.0 Å². The summed E-state index contributed by atoms with van der Waals surface area (Å²) in [5.41, 5.74) is 0. The number of rotatable bonds is 7. The minimum absolute atomic E-state index is 0.106. The fourth-order valence-corrected chi connectivity index (χ4v) is 2.77. The Balaban J connectivity index is 1.97. The van der Waals surface area contributed by atoms with E-state index in [0.717, 1.165) is 44.1 Å². The Bertz CT molecular complexity index is 625. The van der Waals surface area contributed by atoms with E-state index < -0.39 is 0 Å². The monoisotopic (exact) mass is 320 g/mol. The molecule has 1 saturated heterocycles. The van der Waals surface area contributed by atoms with Crippen molar-refractivity contribution in [2.75, 3.05) is 55.8 Å². The van der Waals surface area contributed by atoms with E-state index in [1.165, 1.54) is 6.33 Å². The van der Waals surface area contributed by atoms with Gasteiger partial charge in [-0.3, -0.25) is 0 Å². The first-order valence-corrected chi connectivity index (χ1v) is 8.22. The molecular formula is C15H24N6O2. The van der Waals surface area contributed by atoms with Gasteiger partial charge >= 0.3 is 0 Å². The first kappa shape index (κ1) is 15.9. The lowest BCUT2D eigenvalue weighted by Crippen LogP contribution is -2.37. The molecule has 8 nitrogen and oxygen atoms in total. The number of hydrogen-bond acceptors (Lipinski definition) is 7. The Hall–Kier alpha value is -1.93. The van der Waals surface area contributed by atoms with E-state index >= 15 is 0 Å². The number of aromatic nitrogens is 4. The number of aliphatic hydroxyl groups is 1. The third-order valence-electron chi connectivity index (χ3n) is 4.03. The third-order valence-corrected chi connectivity index (χ3v) is 4.03. The molecule has 0 aromatic carbocycles. The second-order valence-electron chi connectivity index (χ2n) is 5.61. The second kappa shape index (κ2) is 7.56. The minimum atomic E-state index is 0.106. The van der Waals surface area contributed by atoms with Gasteiger partial charge in [-0.05, 0) is 6.42 Å². The van der Waals surface area contributed by atoms with E-state index in [9.17, 15) is 5.11 Å². The Labute approximate surface area is 135 Å². The zero-order valence-corrected chi connectivity index (χ0v) is 13.6. The molecule has 0 spiro atoms. The van der Waals surface area contributed by atoms with E-state index in [1.807, 2.05) is 6.07 Å². The average molecular weight is 320 g/mol. The first-order chi connectivity index (χ1) is 11.3. The highest BCUT2D eigenvalue weighted by Gasteiger charge is 2.18. The zero-order valence-electron chi connectivity index (χ0n) is 13.6. The molecule has 1 N–H and O–H groups in total. The van der Waals surface area contributed by atoms with Gasteiger partial charge in [0.15, 0.2) is 0 Å². The number of nitrogens with zero attached hydrogens (tertiary/aromatic N) is 6. The van der Waals surface area contributed by atoms with Gasteiger partial charge in [0, 0.05) is 32.2 Å². The highest BCUT2D eigenvalue weighted by molar-refractivity contribution is 5.56. The van der Waals surface area contributed by atoms with Gasteiger partial charge in [0.1, 0.15) is 18.0 Å². The molecule has 1 aliphatic rings. The number of aliphatic hydroxyl groups excluding tert-OH is 1. The average Bonchev–Trinajstić information content (AvgIpc) is 3.07. The van der Waals surface area contributed by atoms with Gasteiger partial charge in [0.25, 0.3) is 5.78 Å². The number of unbranched alkanes of at least 4 members (excludes halogenated alkanes) is 1. The van der Waals surface area contributed by atoms with Crippen LogP contribution < -0.4 is 9.80 Å². The van der Waals surface area contributed by atoms with Crippen LogP contribution in [0.4, 0.5) is 11.6 Å². The molecule has 0 unspecified atom stereocenters. The molecule has 1 fully saturated rings. The maximum absolute atomic E-state index is 9.41. The number of anilines is 2. The van der Waals surface area contributed by atoms with Gasteiger partial charge in [0.05, 0.1) is 19.8 Å². The predicted octanol–water partition coefficient (Wildman–Crippen LogP) is 0.560. The van der Waals surface area contributed by atoms with E-state index in [2.05, 4.69) is 31.8 Å². The van der Waals surface area contributed by atoms with Crippen molar-refractivity contribution in [2.45, 2.75) is 19.8 Å². The van der Waals surface area contributed by atoms with Crippen LogP contribution in [0.25, 0.3) is 5.78 Å². The van der Waals surface area contributed by atoms with Gasteiger partial charge < -0.3 is 19.6 Å².